The summed E-state index contributed by atoms with van der Waals surface area (Å²) in [7, 11) is 0. The minimum Gasteiger partial charge on any atom is -0.493 e. The molecule has 27 heavy (non-hydrogen) atoms. The minimum absolute atomic E-state index is 0.108. The van der Waals surface area contributed by atoms with Gasteiger partial charge in [0, 0.05) is 10.8 Å². The summed E-state index contributed by atoms with van der Waals surface area (Å²) in [5.41, 5.74) is 0.532. The van der Waals surface area contributed by atoms with Crippen molar-refractivity contribution in [3.05, 3.63) is 63.9 Å². The fourth-order valence-corrected chi connectivity index (χ4v) is 3.86. The first-order valence-corrected chi connectivity index (χ1v) is 10.1. The van der Waals surface area contributed by atoms with E-state index in [1.54, 1.807) is 22.8 Å². The standard InChI is InChI=1S/C20H21ClN2O3S/c1-2-15(13-24)23-19(25)17-8-3-4-9-18(17)22-20(23)27-11-10-26-16-7-5-6-14(21)12-16/h3-9,12,15,24H,2,10-11,13H2,1H3. The molecule has 1 aromatic heterocycles. The van der Waals surface area contributed by atoms with E-state index < -0.39 is 0 Å². The Bertz CT molecular complexity index is 973. The van der Waals surface area contributed by atoms with E-state index in [9.17, 15) is 9.90 Å². The Kier molecular flexibility index (Phi) is 6.77. The van der Waals surface area contributed by atoms with Gasteiger partial charge in [0.1, 0.15) is 5.75 Å². The second-order valence-corrected chi connectivity index (χ2v) is 7.48. The number of halogens is 1. The fraction of sp³-hybridized carbons (Fsp3) is 0.300. The van der Waals surface area contributed by atoms with Crippen molar-refractivity contribution in [3.8, 4) is 5.75 Å². The average molecular weight is 405 g/mol. The second kappa shape index (κ2) is 9.26. The zero-order valence-electron chi connectivity index (χ0n) is 15.0. The SMILES string of the molecule is CCC(CO)n1c(SCCOc2cccc(Cl)c2)nc2ccccc2c1=O. The van der Waals surface area contributed by atoms with Crippen molar-refractivity contribution < 1.29 is 9.84 Å². The first-order chi connectivity index (χ1) is 13.1. The van der Waals surface area contributed by atoms with Crippen LogP contribution in [0.4, 0.5) is 0 Å². The van der Waals surface area contributed by atoms with Gasteiger partial charge in [-0.1, -0.05) is 48.5 Å². The molecule has 0 spiro atoms. The van der Waals surface area contributed by atoms with Crippen molar-refractivity contribution in [2.45, 2.75) is 24.5 Å². The molecule has 1 heterocycles. The lowest BCUT2D eigenvalue weighted by Gasteiger charge is -2.20. The molecule has 0 radical (unpaired) electrons. The summed E-state index contributed by atoms with van der Waals surface area (Å²) >= 11 is 7.40. The molecule has 1 unspecified atom stereocenters. The molecule has 7 heteroatoms. The highest BCUT2D eigenvalue weighted by molar-refractivity contribution is 7.99. The summed E-state index contributed by atoms with van der Waals surface area (Å²) < 4.78 is 7.31. The zero-order chi connectivity index (χ0) is 19.2. The maximum Gasteiger partial charge on any atom is 0.262 e. The van der Waals surface area contributed by atoms with Gasteiger partial charge in [0.25, 0.3) is 5.56 Å². The Hall–Kier alpha value is -2.02. The summed E-state index contributed by atoms with van der Waals surface area (Å²) in [5, 5.41) is 11.5. The van der Waals surface area contributed by atoms with E-state index in [0.717, 1.165) is 0 Å². The van der Waals surface area contributed by atoms with Crippen molar-refractivity contribution in [1.82, 2.24) is 9.55 Å². The van der Waals surface area contributed by atoms with Gasteiger partial charge in [-0.3, -0.25) is 9.36 Å². The largest absolute Gasteiger partial charge is 0.493 e. The van der Waals surface area contributed by atoms with Crippen molar-refractivity contribution >= 4 is 34.3 Å². The van der Waals surface area contributed by atoms with E-state index in [-0.39, 0.29) is 18.2 Å². The average Bonchev–Trinajstić information content (AvgIpc) is 2.68. The maximum absolute atomic E-state index is 13.0. The third-order valence-corrected chi connectivity index (χ3v) is 5.35. The molecule has 3 rings (SSSR count). The van der Waals surface area contributed by atoms with Gasteiger partial charge in [-0.25, -0.2) is 4.98 Å². The third-order valence-electron chi connectivity index (χ3n) is 4.20. The van der Waals surface area contributed by atoms with Crippen LogP contribution in [0.15, 0.2) is 58.5 Å². The Morgan fingerprint density at radius 3 is 2.81 bits per heavy atom. The highest BCUT2D eigenvalue weighted by Gasteiger charge is 2.17. The van der Waals surface area contributed by atoms with Gasteiger partial charge in [0.05, 0.1) is 30.2 Å². The second-order valence-electron chi connectivity index (χ2n) is 5.99. The van der Waals surface area contributed by atoms with Gasteiger partial charge in [-0.15, -0.1) is 0 Å². The van der Waals surface area contributed by atoms with Crippen LogP contribution in [-0.4, -0.2) is 33.6 Å². The van der Waals surface area contributed by atoms with Gasteiger partial charge in [-0.05, 0) is 36.8 Å². The van der Waals surface area contributed by atoms with Gasteiger partial charge < -0.3 is 9.84 Å². The van der Waals surface area contributed by atoms with Crippen LogP contribution in [0.1, 0.15) is 19.4 Å². The lowest BCUT2D eigenvalue weighted by atomic mass is 10.2. The van der Waals surface area contributed by atoms with Crippen LogP contribution in [0.5, 0.6) is 5.75 Å². The molecule has 0 fully saturated rings. The Morgan fingerprint density at radius 2 is 2.07 bits per heavy atom. The number of aliphatic hydroxyl groups excluding tert-OH is 1. The number of ether oxygens (including phenoxy) is 1. The molecular weight excluding hydrogens is 384 g/mol. The van der Waals surface area contributed by atoms with Crippen LogP contribution in [0.3, 0.4) is 0 Å². The Morgan fingerprint density at radius 1 is 1.26 bits per heavy atom. The lowest BCUT2D eigenvalue weighted by Crippen LogP contribution is -2.29. The van der Waals surface area contributed by atoms with Crippen LogP contribution in [0.25, 0.3) is 10.9 Å². The molecule has 1 N–H and O–H groups in total. The quantitative estimate of drug-likeness (QED) is 0.347. The minimum atomic E-state index is -0.300. The predicted molar refractivity (Wildman–Crippen MR) is 110 cm³/mol. The Labute approximate surface area is 167 Å². The van der Waals surface area contributed by atoms with Gasteiger partial charge in [-0.2, -0.15) is 0 Å². The smallest absolute Gasteiger partial charge is 0.262 e. The molecule has 0 saturated carbocycles. The van der Waals surface area contributed by atoms with Gasteiger partial charge in [0.2, 0.25) is 0 Å². The highest BCUT2D eigenvalue weighted by Crippen LogP contribution is 2.23. The fourth-order valence-electron chi connectivity index (χ4n) is 2.79. The number of hydrogen-bond donors (Lipinski definition) is 1. The summed E-state index contributed by atoms with van der Waals surface area (Å²) in [4.78, 5) is 17.6. The first kappa shape index (κ1) is 19.7. The molecule has 0 amide bonds. The number of benzene rings is 2. The number of para-hydroxylation sites is 1. The molecule has 0 saturated heterocycles. The predicted octanol–water partition coefficient (Wildman–Crippen LogP) is 4.16. The number of nitrogens with zero attached hydrogens (tertiary/aromatic N) is 2. The molecule has 0 aliphatic carbocycles. The number of aliphatic hydroxyl groups is 1. The van der Waals surface area contributed by atoms with Gasteiger partial charge >= 0.3 is 0 Å². The molecule has 0 bridgehead atoms. The van der Waals surface area contributed by atoms with Crippen molar-refractivity contribution in [2.75, 3.05) is 19.0 Å². The van der Waals surface area contributed by atoms with E-state index in [2.05, 4.69) is 4.98 Å². The number of fused-ring (bicyclic) bond motifs is 1. The lowest BCUT2D eigenvalue weighted by molar-refractivity contribution is 0.213. The van der Waals surface area contributed by atoms with Gasteiger partial charge in [0.15, 0.2) is 5.16 Å². The number of thioether (sulfide) groups is 1. The monoisotopic (exact) mass is 404 g/mol. The maximum atomic E-state index is 13.0. The first-order valence-electron chi connectivity index (χ1n) is 8.77. The van der Waals surface area contributed by atoms with Crippen LogP contribution < -0.4 is 10.3 Å². The molecular formula is C20H21ClN2O3S. The van der Waals surface area contributed by atoms with Crippen LogP contribution in [0, 0.1) is 0 Å². The van der Waals surface area contributed by atoms with Crippen molar-refractivity contribution in [2.24, 2.45) is 0 Å². The van der Waals surface area contributed by atoms with Crippen molar-refractivity contribution in [3.63, 3.8) is 0 Å². The summed E-state index contributed by atoms with van der Waals surface area (Å²) in [6.45, 7) is 2.28. The molecule has 3 aromatic rings. The van der Waals surface area contributed by atoms with E-state index in [1.807, 2.05) is 37.3 Å². The van der Waals surface area contributed by atoms with E-state index in [4.69, 9.17) is 16.3 Å². The topological polar surface area (TPSA) is 64.3 Å². The Balaban J connectivity index is 1.81. The molecule has 5 nitrogen and oxygen atoms in total. The number of hydrogen-bond acceptors (Lipinski definition) is 5. The zero-order valence-corrected chi connectivity index (χ0v) is 16.5. The molecule has 142 valence electrons. The summed E-state index contributed by atoms with van der Waals surface area (Å²) in [5.74, 6) is 1.31. The molecule has 0 aliphatic heterocycles. The third kappa shape index (κ3) is 4.64. The van der Waals surface area contributed by atoms with E-state index in [0.29, 0.717) is 45.6 Å². The van der Waals surface area contributed by atoms with Crippen LogP contribution in [0.2, 0.25) is 5.02 Å². The van der Waals surface area contributed by atoms with Crippen LogP contribution >= 0.6 is 23.4 Å². The van der Waals surface area contributed by atoms with E-state index in [1.165, 1.54) is 11.8 Å². The number of aromatic nitrogens is 2. The normalized spacial score (nSPS) is 12.3. The highest BCUT2D eigenvalue weighted by atomic mass is 35.5. The molecule has 0 aliphatic rings. The number of rotatable bonds is 8. The molecule has 1 atom stereocenters. The van der Waals surface area contributed by atoms with Crippen LogP contribution in [-0.2, 0) is 0 Å². The van der Waals surface area contributed by atoms with E-state index >= 15 is 0 Å². The van der Waals surface area contributed by atoms with Crippen molar-refractivity contribution in [1.29, 1.82) is 0 Å². The molecule has 2 aromatic carbocycles. The summed E-state index contributed by atoms with van der Waals surface area (Å²) in [6, 6.07) is 14.2. The summed E-state index contributed by atoms with van der Waals surface area (Å²) in [6.07, 6.45) is 0.642.